The van der Waals surface area contributed by atoms with Gasteiger partial charge >= 0.3 is 0 Å². The Kier molecular flexibility index (Phi) is 4.08. The van der Waals surface area contributed by atoms with Gasteiger partial charge in [-0.3, -0.25) is 4.79 Å². The Bertz CT molecular complexity index is 551. The van der Waals surface area contributed by atoms with Crippen LogP contribution in [0.2, 0.25) is 0 Å². The lowest BCUT2D eigenvalue weighted by molar-refractivity contribution is -0.118. The van der Waals surface area contributed by atoms with Gasteiger partial charge in [-0.15, -0.1) is 10.2 Å². The van der Waals surface area contributed by atoms with E-state index in [1.165, 1.54) is 11.3 Å². The van der Waals surface area contributed by atoms with Gasteiger partial charge in [0.25, 0.3) is 0 Å². The Morgan fingerprint density at radius 2 is 1.94 bits per heavy atom. The van der Waals surface area contributed by atoms with Crippen LogP contribution in [-0.4, -0.2) is 16.1 Å². The van der Waals surface area contributed by atoms with Crippen molar-refractivity contribution in [3.63, 3.8) is 0 Å². The first-order valence-corrected chi connectivity index (χ1v) is 7.07. The lowest BCUT2D eigenvalue weighted by Gasteiger charge is -2.02. The molecule has 2 rings (SSSR count). The summed E-state index contributed by atoms with van der Waals surface area (Å²) in [7, 11) is 0. The normalized spacial score (nSPS) is 10.7. The predicted octanol–water partition coefficient (Wildman–Crippen LogP) is 3.56. The summed E-state index contributed by atoms with van der Waals surface area (Å²) in [6, 6.07) is 7.81. The highest BCUT2D eigenvalue weighted by Gasteiger charge is 2.11. The van der Waals surface area contributed by atoms with Gasteiger partial charge in [0.2, 0.25) is 11.0 Å². The fraction of sp³-hybridized carbons (Fsp3) is 0.250. The van der Waals surface area contributed by atoms with Crippen LogP contribution in [-0.2, 0) is 4.79 Å². The summed E-state index contributed by atoms with van der Waals surface area (Å²) in [6.07, 6.45) is 0. The van der Waals surface area contributed by atoms with Crippen LogP contribution in [0.5, 0.6) is 0 Å². The minimum absolute atomic E-state index is 0.0477. The quantitative estimate of drug-likeness (QED) is 0.938. The van der Waals surface area contributed by atoms with E-state index in [9.17, 15) is 4.79 Å². The van der Waals surface area contributed by atoms with Crippen LogP contribution < -0.4 is 5.32 Å². The van der Waals surface area contributed by atoms with E-state index in [0.717, 1.165) is 15.0 Å². The molecular formula is C12H12BrN3OS. The standard InChI is InChI=1S/C12H12BrN3OS/c1-7(2)10(17)14-12-16-15-11(18-12)8-3-5-9(13)6-4-8/h3-7H,1-2H3,(H,14,16,17). The number of benzene rings is 1. The fourth-order valence-electron chi connectivity index (χ4n) is 1.23. The summed E-state index contributed by atoms with van der Waals surface area (Å²) in [5.41, 5.74) is 0.987. The summed E-state index contributed by atoms with van der Waals surface area (Å²) in [5.74, 6) is -0.112. The van der Waals surface area contributed by atoms with E-state index in [1.807, 2.05) is 38.1 Å². The van der Waals surface area contributed by atoms with Gasteiger partial charge < -0.3 is 5.32 Å². The van der Waals surface area contributed by atoms with Gasteiger partial charge in [-0.2, -0.15) is 0 Å². The smallest absolute Gasteiger partial charge is 0.228 e. The number of carbonyl (C=O) groups is 1. The summed E-state index contributed by atoms with van der Waals surface area (Å²) >= 11 is 4.75. The van der Waals surface area contributed by atoms with Crippen LogP contribution in [0.15, 0.2) is 28.7 Å². The molecule has 0 spiro atoms. The monoisotopic (exact) mass is 325 g/mol. The van der Waals surface area contributed by atoms with Crippen molar-refractivity contribution in [1.82, 2.24) is 10.2 Å². The predicted molar refractivity (Wildman–Crippen MR) is 76.5 cm³/mol. The molecule has 0 saturated carbocycles. The lowest BCUT2D eigenvalue weighted by Crippen LogP contribution is -2.17. The molecule has 1 N–H and O–H groups in total. The second-order valence-corrected chi connectivity index (χ2v) is 5.96. The van der Waals surface area contributed by atoms with Gasteiger partial charge in [0.15, 0.2) is 0 Å². The average molecular weight is 326 g/mol. The number of halogens is 1. The van der Waals surface area contributed by atoms with Crippen molar-refractivity contribution in [2.75, 3.05) is 5.32 Å². The van der Waals surface area contributed by atoms with Crippen molar-refractivity contribution in [3.05, 3.63) is 28.7 Å². The summed E-state index contributed by atoms with van der Waals surface area (Å²) in [4.78, 5) is 11.5. The van der Waals surface area contributed by atoms with Gasteiger partial charge in [-0.05, 0) is 12.1 Å². The molecule has 0 aliphatic carbocycles. The topological polar surface area (TPSA) is 54.9 Å². The Hall–Kier alpha value is -1.27. The highest BCUT2D eigenvalue weighted by atomic mass is 79.9. The largest absolute Gasteiger partial charge is 0.300 e. The third kappa shape index (κ3) is 3.14. The van der Waals surface area contributed by atoms with E-state index >= 15 is 0 Å². The second kappa shape index (κ2) is 5.58. The molecule has 1 heterocycles. The number of aromatic nitrogens is 2. The molecule has 1 aromatic carbocycles. The molecule has 18 heavy (non-hydrogen) atoms. The second-order valence-electron chi connectivity index (χ2n) is 4.06. The first kappa shape index (κ1) is 13.2. The number of nitrogens with zero attached hydrogens (tertiary/aromatic N) is 2. The molecule has 1 amide bonds. The molecule has 0 fully saturated rings. The van der Waals surface area contributed by atoms with Gasteiger partial charge in [0.1, 0.15) is 5.01 Å². The van der Waals surface area contributed by atoms with Crippen molar-refractivity contribution in [2.45, 2.75) is 13.8 Å². The molecule has 6 heteroatoms. The van der Waals surface area contributed by atoms with E-state index in [1.54, 1.807) is 0 Å². The number of hydrogen-bond acceptors (Lipinski definition) is 4. The summed E-state index contributed by atoms with van der Waals surface area (Å²) in [6.45, 7) is 3.68. The Morgan fingerprint density at radius 1 is 1.28 bits per heavy atom. The molecule has 0 radical (unpaired) electrons. The van der Waals surface area contributed by atoms with Crippen LogP contribution in [0.25, 0.3) is 10.6 Å². The van der Waals surface area contributed by atoms with E-state index < -0.39 is 0 Å². The van der Waals surface area contributed by atoms with Crippen LogP contribution in [0, 0.1) is 5.92 Å². The maximum Gasteiger partial charge on any atom is 0.228 e. The molecule has 0 bridgehead atoms. The van der Waals surface area contributed by atoms with Crippen molar-refractivity contribution in [3.8, 4) is 10.6 Å². The first-order valence-electron chi connectivity index (χ1n) is 5.46. The maximum absolute atomic E-state index is 11.5. The molecule has 0 aliphatic rings. The minimum Gasteiger partial charge on any atom is -0.300 e. The third-order valence-electron chi connectivity index (χ3n) is 2.27. The van der Waals surface area contributed by atoms with Gasteiger partial charge in [-0.25, -0.2) is 0 Å². The molecule has 1 aromatic heterocycles. The number of hydrogen-bond donors (Lipinski definition) is 1. The van der Waals surface area contributed by atoms with E-state index in [0.29, 0.717) is 5.13 Å². The van der Waals surface area contributed by atoms with Gasteiger partial charge in [0.05, 0.1) is 0 Å². The van der Waals surface area contributed by atoms with Crippen molar-refractivity contribution >= 4 is 38.3 Å². The van der Waals surface area contributed by atoms with Crippen molar-refractivity contribution in [2.24, 2.45) is 5.92 Å². The minimum atomic E-state index is -0.0648. The molecule has 0 atom stereocenters. The van der Waals surface area contributed by atoms with Gasteiger partial charge in [-0.1, -0.05) is 53.2 Å². The van der Waals surface area contributed by atoms with E-state index in [-0.39, 0.29) is 11.8 Å². The molecule has 0 aliphatic heterocycles. The van der Waals surface area contributed by atoms with Crippen LogP contribution in [0.1, 0.15) is 13.8 Å². The molecule has 2 aromatic rings. The SMILES string of the molecule is CC(C)C(=O)Nc1nnc(-c2ccc(Br)cc2)s1. The van der Waals surface area contributed by atoms with E-state index in [2.05, 4.69) is 31.4 Å². The van der Waals surface area contributed by atoms with Crippen LogP contribution >= 0.6 is 27.3 Å². The Labute approximate surface area is 118 Å². The molecular weight excluding hydrogens is 314 g/mol. The lowest BCUT2D eigenvalue weighted by atomic mass is 10.2. The highest BCUT2D eigenvalue weighted by Crippen LogP contribution is 2.27. The van der Waals surface area contributed by atoms with Crippen molar-refractivity contribution < 1.29 is 4.79 Å². The molecule has 94 valence electrons. The number of rotatable bonds is 3. The van der Waals surface area contributed by atoms with Gasteiger partial charge in [0, 0.05) is 16.0 Å². The molecule has 0 unspecified atom stereocenters. The molecule has 0 saturated heterocycles. The fourth-order valence-corrected chi connectivity index (χ4v) is 2.25. The zero-order valence-electron chi connectivity index (χ0n) is 9.98. The Balaban J connectivity index is 2.15. The zero-order chi connectivity index (χ0) is 13.1. The highest BCUT2D eigenvalue weighted by molar-refractivity contribution is 9.10. The third-order valence-corrected chi connectivity index (χ3v) is 3.69. The Morgan fingerprint density at radius 3 is 2.56 bits per heavy atom. The number of nitrogens with one attached hydrogen (secondary N) is 1. The van der Waals surface area contributed by atoms with Crippen molar-refractivity contribution in [1.29, 1.82) is 0 Å². The average Bonchev–Trinajstić information content (AvgIpc) is 2.78. The first-order chi connectivity index (χ1) is 8.56. The molecule has 4 nitrogen and oxygen atoms in total. The number of anilines is 1. The van der Waals surface area contributed by atoms with Crippen LogP contribution in [0.4, 0.5) is 5.13 Å². The number of carbonyl (C=O) groups excluding carboxylic acids is 1. The maximum atomic E-state index is 11.5. The van der Waals surface area contributed by atoms with E-state index in [4.69, 9.17) is 0 Å². The number of amides is 1. The van der Waals surface area contributed by atoms with Crippen LogP contribution in [0.3, 0.4) is 0 Å². The summed E-state index contributed by atoms with van der Waals surface area (Å²) in [5, 5.41) is 12.1. The zero-order valence-corrected chi connectivity index (χ0v) is 12.4. The summed E-state index contributed by atoms with van der Waals surface area (Å²) < 4.78 is 1.02.